The van der Waals surface area contributed by atoms with Crippen LogP contribution in [0.3, 0.4) is 0 Å². The van der Waals surface area contributed by atoms with Crippen LogP contribution in [-0.2, 0) is 15.7 Å². The molecule has 0 unspecified atom stereocenters. The minimum Gasteiger partial charge on any atom is -0.463 e. The topological polar surface area (TPSA) is 113 Å². The molecule has 2 aromatic heterocycles. The Hall–Kier alpha value is -3.80. The summed E-state index contributed by atoms with van der Waals surface area (Å²) >= 11 is 6.14. The number of nitrogens with zero attached hydrogens (tertiary/aromatic N) is 2. The van der Waals surface area contributed by atoms with Gasteiger partial charge in [-0.3, -0.25) is 4.79 Å². The third kappa shape index (κ3) is 5.71. The van der Waals surface area contributed by atoms with E-state index in [-0.39, 0.29) is 40.8 Å². The molecule has 13 heteroatoms. The van der Waals surface area contributed by atoms with Gasteiger partial charge in [-0.05, 0) is 31.2 Å². The van der Waals surface area contributed by atoms with E-state index in [1.807, 2.05) is 0 Å². The fourth-order valence-corrected chi connectivity index (χ4v) is 2.77. The number of esters is 1. The van der Waals surface area contributed by atoms with Gasteiger partial charge in [-0.2, -0.15) is 13.2 Å². The molecule has 0 atom stereocenters. The van der Waals surface area contributed by atoms with Crippen LogP contribution in [0.25, 0.3) is 5.69 Å². The Balaban J connectivity index is 1.94. The van der Waals surface area contributed by atoms with Crippen LogP contribution in [0.2, 0.25) is 5.02 Å². The predicted molar refractivity (Wildman–Crippen MR) is 109 cm³/mol. The van der Waals surface area contributed by atoms with Crippen LogP contribution < -0.4 is 20.7 Å². The summed E-state index contributed by atoms with van der Waals surface area (Å²) in [5.74, 6) is -0.726. The summed E-state index contributed by atoms with van der Waals surface area (Å²) < 4.78 is 54.7. The van der Waals surface area contributed by atoms with E-state index in [2.05, 4.69) is 4.98 Å². The van der Waals surface area contributed by atoms with Crippen molar-refractivity contribution >= 4 is 17.6 Å². The number of hydrogen-bond acceptors (Lipinski definition) is 7. The number of rotatable bonds is 7. The van der Waals surface area contributed by atoms with Crippen molar-refractivity contribution in [2.75, 3.05) is 13.2 Å². The van der Waals surface area contributed by atoms with Crippen LogP contribution in [0.5, 0.6) is 17.4 Å². The Morgan fingerprint density at radius 1 is 1.18 bits per heavy atom. The Morgan fingerprint density at radius 3 is 2.61 bits per heavy atom. The maximum absolute atomic E-state index is 12.8. The number of aromatic amines is 1. The molecule has 0 saturated carbocycles. The summed E-state index contributed by atoms with van der Waals surface area (Å²) in [4.78, 5) is 41.5. The second-order valence-electron chi connectivity index (χ2n) is 6.28. The summed E-state index contributed by atoms with van der Waals surface area (Å²) in [5, 5.41) is 0.0512. The molecule has 1 aromatic carbocycles. The van der Waals surface area contributed by atoms with E-state index in [4.69, 9.17) is 25.8 Å². The lowest BCUT2D eigenvalue weighted by Gasteiger charge is -2.13. The number of carbonyl (C=O) groups is 1. The molecule has 0 aliphatic carbocycles. The summed E-state index contributed by atoms with van der Waals surface area (Å²) in [6, 6.07) is 6.93. The average molecular weight is 486 g/mol. The first kappa shape index (κ1) is 23.9. The Labute approximate surface area is 188 Å². The first-order valence-electron chi connectivity index (χ1n) is 9.25. The Bertz CT molecular complexity index is 1260. The molecule has 1 N–H and O–H groups in total. The lowest BCUT2D eigenvalue weighted by molar-refractivity contribution is -0.145. The molecular formula is C20H15ClF3N3O6. The summed E-state index contributed by atoms with van der Waals surface area (Å²) in [7, 11) is 0. The molecule has 0 radical (unpaired) electrons. The molecular weight excluding hydrogens is 471 g/mol. The van der Waals surface area contributed by atoms with Gasteiger partial charge in [0.05, 0.1) is 17.3 Å². The molecule has 0 amide bonds. The van der Waals surface area contributed by atoms with Crippen molar-refractivity contribution in [1.82, 2.24) is 14.5 Å². The van der Waals surface area contributed by atoms with Crippen LogP contribution in [0.4, 0.5) is 13.2 Å². The number of benzene rings is 1. The SMILES string of the molecule is CCOC(=O)COc1ncccc1Oc1cc(-n2c(=O)cc(C(F)(F)F)[nH]c2=O)ccc1Cl. The van der Waals surface area contributed by atoms with E-state index in [0.29, 0.717) is 4.57 Å². The molecule has 0 bridgehead atoms. The van der Waals surface area contributed by atoms with Crippen molar-refractivity contribution in [1.29, 1.82) is 0 Å². The van der Waals surface area contributed by atoms with Gasteiger partial charge >= 0.3 is 17.8 Å². The van der Waals surface area contributed by atoms with Gasteiger partial charge < -0.3 is 19.2 Å². The summed E-state index contributed by atoms with van der Waals surface area (Å²) in [6.45, 7) is 1.36. The van der Waals surface area contributed by atoms with E-state index >= 15 is 0 Å². The number of carbonyl (C=O) groups excluding carboxylic acids is 1. The van der Waals surface area contributed by atoms with Crippen molar-refractivity contribution in [3.05, 3.63) is 74.1 Å². The highest BCUT2D eigenvalue weighted by Crippen LogP contribution is 2.35. The standard InChI is InChI=1S/C20H15ClF3N3O6/c1-2-31-17(29)10-32-18-13(4-3-7-25-18)33-14-8-11(5-6-12(14)21)27-16(28)9-15(20(22,23)24)26-19(27)30/h3-9H,2,10H2,1H3,(H,26,30). The monoisotopic (exact) mass is 485 g/mol. The number of H-pyrrole nitrogens is 1. The van der Waals surface area contributed by atoms with Crippen molar-refractivity contribution in [2.45, 2.75) is 13.1 Å². The van der Waals surface area contributed by atoms with Gasteiger partial charge in [0, 0.05) is 18.3 Å². The fraction of sp³-hybridized carbons (Fsp3) is 0.200. The number of alkyl halides is 3. The molecule has 0 fully saturated rings. The largest absolute Gasteiger partial charge is 0.463 e. The van der Waals surface area contributed by atoms with Crippen LogP contribution in [-0.4, -0.2) is 33.7 Å². The van der Waals surface area contributed by atoms with Crippen molar-refractivity contribution < 1.29 is 32.2 Å². The van der Waals surface area contributed by atoms with E-state index < -0.39 is 35.7 Å². The number of ether oxygens (including phenoxy) is 3. The number of nitrogens with one attached hydrogen (secondary N) is 1. The van der Waals surface area contributed by atoms with Crippen LogP contribution >= 0.6 is 11.6 Å². The van der Waals surface area contributed by atoms with Crippen LogP contribution in [0.1, 0.15) is 12.6 Å². The zero-order valence-corrected chi connectivity index (χ0v) is 17.6. The van der Waals surface area contributed by atoms with Gasteiger partial charge in [0.2, 0.25) is 0 Å². The molecule has 0 saturated heterocycles. The maximum Gasteiger partial charge on any atom is 0.431 e. The minimum absolute atomic E-state index is 0.0366. The van der Waals surface area contributed by atoms with Gasteiger partial charge in [-0.15, -0.1) is 0 Å². The van der Waals surface area contributed by atoms with Crippen molar-refractivity contribution in [2.24, 2.45) is 0 Å². The molecule has 2 heterocycles. The molecule has 0 aliphatic rings. The predicted octanol–water partition coefficient (Wildman–Crippen LogP) is 3.33. The third-order valence-corrected chi connectivity index (χ3v) is 4.31. The second kappa shape index (κ2) is 9.77. The highest BCUT2D eigenvalue weighted by atomic mass is 35.5. The zero-order valence-electron chi connectivity index (χ0n) is 16.8. The number of halogens is 4. The van der Waals surface area contributed by atoms with E-state index in [0.717, 1.165) is 0 Å². The Kier molecular flexibility index (Phi) is 7.07. The van der Waals surface area contributed by atoms with E-state index in [9.17, 15) is 27.6 Å². The van der Waals surface area contributed by atoms with Gasteiger partial charge in [0.15, 0.2) is 12.4 Å². The quantitative estimate of drug-likeness (QED) is 0.511. The summed E-state index contributed by atoms with van der Waals surface area (Å²) in [5.41, 5.74) is -4.09. The molecule has 0 aliphatic heterocycles. The van der Waals surface area contributed by atoms with Crippen molar-refractivity contribution in [3.63, 3.8) is 0 Å². The molecule has 3 aromatic rings. The van der Waals surface area contributed by atoms with Gasteiger partial charge in [0.1, 0.15) is 11.4 Å². The normalized spacial score (nSPS) is 11.2. The van der Waals surface area contributed by atoms with Gasteiger partial charge in [-0.25, -0.2) is 19.1 Å². The highest BCUT2D eigenvalue weighted by Gasteiger charge is 2.33. The number of hydrogen-bond donors (Lipinski definition) is 1. The van der Waals surface area contributed by atoms with Crippen LogP contribution in [0.15, 0.2) is 52.2 Å². The first-order chi connectivity index (χ1) is 15.6. The maximum atomic E-state index is 12.8. The molecule has 174 valence electrons. The molecule has 33 heavy (non-hydrogen) atoms. The minimum atomic E-state index is -4.90. The van der Waals surface area contributed by atoms with Crippen molar-refractivity contribution in [3.8, 4) is 23.1 Å². The molecule has 0 spiro atoms. The lowest BCUT2D eigenvalue weighted by atomic mass is 10.3. The van der Waals surface area contributed by atoms with Crippen LogP contribution in [0, 0.1) is 0 Å². The Morgan fingerprint density at radius 2 is 1.94 bits per heavy atom. The average Bonchev–Trinajstić information content (AvgIpc) is 2.74. The molecule has 9 nitrogen and oxygen atoms in total. The smallest absolute Gasteiger partial charge is 0.431 e. The number of aromatic nitrogens is 3. The molecule has 3 rings (SSSR count). The van der Waals surface area contributed by atoms with E-state index in [1.165, 1.54) is 36.5 Å². The number of pyridine rings is 1. The highest BCUT2D eigenvalue weighted by molar-refractivity contribution is 6.32. The fourth-order valence-electron chi connectivity index (χ4n) is 2.61. The zero-order chi connectivity index (χ0) is 24.2. The van der Waals surface area contributed by atoms with Gasteiger partial charge in [0.25, 0.3) is 11.4 Å². The third-order valence-electron chi connectivity index (χ3n) is 4.00. The first-order valence-corrected chi connectivity index (χ1v) is 9.62. The van der Waals surface area contributed by atoms with Gasteiger partial charge in [-0.1, -0.05) is 11.6 Å². The van der Waals surface area contributed by atoms with E-state index in [1.54, 1.807) is 11.9 Å². The summed E-state index contributed by atoms with van der Waals surface area (Å²) in [6.07, 6.45) is -3.52. The lowest BCUT2D eigenvalue weighted by Crippen LogP contribution is -2.35. The second-order valence-corrected chi connectivity index (χ2v) is 6.68.